The molecule has 9 heteroatoms. The lowest BCUT2D eigenvalue weighted by Crippen LogP contribution is -2.38. The highest BCUT2D eigenvalue weighted by atomic mass is 35.5. The summed E-state index contributed by atoms with van der Waals surface area (Å²) in [7, 11) is 0. The molecule has 4 aromatic rings. The number of carbonyl (C=O) groups excluding carboxylic acids is 1. The van der Waals surface area contributed by atoms with Crippen molar-refractivity contribution in [2.75, 3.05) is 39.4 Å². The summed E-state index contributed by atoms with van der Waals surface area (Å²) >= 11 is 14.3. The van der Waals surface area contributed by atoms with Gasteiger partial charge in [0.2, 0.25) is 0 Å². The molecule has 2 aromatic heterocycles. The second kappa shape index (κ2) is 10.5. The number of nitrogens with zero attached hydrogens (tertiary/aromatic N) is 3. The fourth-order valence-corrected chi connectivity index (χ4v) is 5.71. The number of benzene rings is 2. The third-order valence-corrected chi connectivity index (χ3v) is 7.73. The van der Waals surface area contributed by atoms with E-state index in [0.717, 1.165) is 66.4 Å². The van der Waals surface area contributed by atoms with Gasteiger partial charge in [-0.2, -0.15) is 5.10 Å². The van der Waals surface area contributed by atoms with Crippen molar-refractivity contribution in [1.82, 2.24) is 20.0 Å². The Hall–Kier alpha value is -2.42. The van der Waals surface area contributed by atoms with Crippen molar-refractivity contribution in [2.45, 2.75) is 6.42 Å². The first-order valence-corrected chi connectivity index (χ1v) is 12.8. The molecule has 1 aliphatic rings. The molecule has 6 nitrogen and oxygen atoms in total. The number of halogens is 2. The summed E-state index contributed by atoms with van der Waals surface area (Å²) in [6, 6.07) is 17.3. The molecular weight excluding hydrogens is 491 g/mol. The predicted molar refractivity (Wildman–Crippen MR) is 139 cm³/mol. The summed E-state index contributed by atoms with van der Waals surface area (Å²) < 4.78 is 7.24. The first kappa shape index (κ1) is 23.3. The van der Waals surface area contributed by atoms with E-state index in [0.29, 0.717) is 21.5 Å². The van der Waals surface area contributed by atoms with Gasteiger partial charge in [-0.15, -0.1) is 11.3 Å². The summed E-state index contributed by atoms with van der Waals surface area (Å²) in [4.78, 5) is 16.7. The molecule has 0 unspecified atom stereocenters. The lowest BCUT2D eigenvalue weighted by molar-refractivity contribution is 0.0374. The van der Waals surface area contributed by atoms with Crippen LogP contribution < -0.4 is 5.32 Å². The molecule has 5 rings (SSSR count). The highest BCUT2D eigenvalue weighted by Crippen LogP contribution is 2.42. The molecule has 0 aliphatic carbocycles. The summed E-state index contributed by atoms with van der Waals surface area (Å²) in [6.07, 6.45) is 0.877. The van der Waals surface area contributed by atoms with Gasteiger partial charge in [0, 0.05) is 30.2 Å². The molecule has 1 amide bonds. The number of nitrogens with one attached hydrogen (secondary N) is 1. The topological polar surface area (TPSA) is 59.4 Å². The molecule has 1 aliphatic heterocycles. The van der Waals surface area contributed by atoms with Crippen LogP contribution in [0.4, 0.5) is 0 Å². The van der Waals surface area contributed by atoms with E-state index in [4.69, 9.17) is 33.0 Å². The van der Waals surface area contributed by atoms with Crippen molar-refractivity contribution >= 4 is 50.7 Å². The number of thiophene rings is 1. The van der Waals surface area contributed by atoms with Gasteiger partial charge in [-0.3, -0.25) is 9.69 Å². The highest BCUT2D eigenvalue weighted by molar-refractivity contribution is 7.21. The largest absolute Gasteiger partial charge is 0.379 e. The molecule has 1 fully saturated rings. The first-order valence-electron chi connectivity index (χ1n) is 11.2. The number of ether oxygens (including phenoxy) is 1. The maximum atomic E-state index is 13.1. The van der Waals surface area contributed by atoms with Gasteiger partial charge in [0.25, 0.3) is 5.91 Å². The lowest BCUT2D eigenvalue weighted by atomic mass is 10.1. The van der Waals surface area contributed by atoms with E-state index in [-0.39, 0.29) is 5.91 Å². The molecular formula is C25H24Cl2N4O2S. The maximum absolute atomic E-state index is 13.1. The number of fused-ring (bicyclic) bond motifs is 1. The van der Waals surface area contributed by atoms with Gasteiger partial charge >= 0.3 is 0 Å². The maximum Gasteiger partial charge on any atom is 0.262 e. The summed E-state index contributed by atoms with van der Waals surface area (Å²) in [6.45, 7) is 4.97. The Balaban J connectivity index is 1.43. The Bertz CT molecular complexity index is 1280. The summed E-state index contributed by atoms with van der Waals surface area (Å²) in [5, 5.41) is 9.75. The van der Waals surface area contributed by atoms with Crippen molar-refractivity contribution in [3.63, 3.8) is 0 Å². The predicted octanol–water partition coefficient (Wildman–Crippen LogP) is 5.51. The molecule has 1 N–H and O–H groups in total. The molecule has 1 saturated heterocycles. The van der Waals surface area contributed by atoms with Crippen LogP contribution in [0.1, 0.15) is 16.1 Å². The number of hydrogen-bond donors (Lipinski definition) is 1. The molecule has 2 aromatic carbocycles. The standard InChI is InChI=1S/C25H24Cl2N4O2S/c26-18-9-7-17(8-10-18)22-20-21(27)23(24(32)28-11-4-12-30-13-15-33-16-14-30)34-25(20)31(29-22)19-5-2-1-3-6-19/h1-3,5-10H,4,11-16H2,(H,28,32). The Morgan fingerprint density at radius 1 is 1.06 bits per heavy atom. The van der Waals surface area contributed by atoms with Crippen molar-refractivity contribution < 1.29 is 9.53 Å². The monoisotopic (exact) mass is 514 g/mol. The quantitative estimate of drug-likeness (QED) is 0.330. The number of rotatable bonds is 7. The second-order valence-electron chi connectivity index (χ2n) is 8.09. The fraction of sp³-hybridized carbons (Fsp3) is 0.280. The smallest absolute Gasteiger partial charge is 0.262 e. The van der Waals surface area contributed by atoms with Crippen LogP contribution in [0.2, 0.25) is 10.0 Å². The Labute approximate surface area is 212 Å². The zero-order chi connectivity index (χ0) is 23.5. The number of hydrogen-bond acceptors (Lipinski definition) is 5. The van der Waals surface area contributed by atoms with Crippen molar-refractivity contribution in [2.24, 2.45) is 0 Å². The highest BCUT2D eigenvalue weighted by Gasteiger charge is 2.25. The molecule has 0 bridgehead atoms. The molecule has 3 heterocycles. The van der Waals surface area contributed by atoms with Crippen LogP contribution in [0.5, 0.6) is 0 Å². The van der Waals surface area contributed by atoms with E-state index in [1.54, 1.807) is 0 Å². The Morgan fingerprint density at radius 3 is 2.53 bits per heavy atom. The minimum atomic E-state index is -0.158. The van der Waals surface area contributed by atoms with Crippen LogP contribution in [0.25, 0.3) is 27.2 Å². The fourth-order valence-electron chi connectivity index (χ4n) is 4.06. The average Bonchev–Trinajstić information content (AvgIpc) is 3.41. The van der Waals surface area contributed by atoms with E-state index in [2.05, 4.69) is 10.2 Å². The third kappa shape index (κ3) is 4.85. The summed E-state index contributed by atoms with van der Waals surface area (Å²) in [5.74, 6) is -0.158. The van der Waals surface area contributed by atoms with Crippen LogP contribution >= 0.6 is 34.5 Å². The SMILES string of the molecule is O=C(NCCCN1CCOCC1)c1sc2c(c(-c3ccc(Cl)cc3)nn2-c2ccccc2)c1Cl. The van der Waals surface area contributed by atoms with E-state index < -0.39 is 0 Å². The van der Waals surface area contributed by atoms with E-state index in [9.17, 15) is 4.79 Å². The average molecular weight is 515 g/mol. The first-order chi connectivity index (χ1) is 16.6. The molecule has 34 heavy (non-hydrogen) atoms. The number of para-hydroxylation sites is 1. The van der Waals surface area contributed by atoms with Crippen LogP contribution in [0.15, 0.2) is 54.6 Å². The van der Waals surface area contributed by atoms with Crippen molar-refractivity contribution in [3.05, 3.63) is 69.5 Å². The van der Waals surface area contributed by atoms with Gasteiger partial charge in [-0.1, -0.05) is 53.5 Å². The van der Waals surface area contributed by atoms with Gasteiger partial charge < -0.3 is 10.1 Å². The van der Waals surface area contributed by atoms with Crippen molar-refractivity contribution in [1.29, 1.82) is 0 Å². The van der Waals surface area contributed by atoms with E-state index >= 15 is 0 Å². The van der Waals surface area contributed by atoms with Gasteiger partial charge in [0.15, 0.2) is 0 Å². The Kier molecular flexibility index (Phi) is 7.18. The van der Waals surface area contributed by atoms with Crippen molar-refractivity contribution in [3.8, 4) is 16.9 Å². The minimum absolute atomic E-state index is 0.158. The Morgan fingerprint density at radius 2 is 1.79 bits per heavy atom. The molecule has 176 valence electrons. The number of amides is 1. The molecule has 0 atom stereocenters. The van der Waals surface area contributed by atoms with Crippen LogP contribution in [0.3, 0.4) is 0 Å². The number of carbonyl (C=O) groups is 1. The molecule has 0 saturated carbocycles. The van der Waals surface area contributed by atoms with E-state index in [1.165, 1.54) is 11.3 Å². The lowest BCUT2D eigenvalue weighted by Gasteiger charge is -2.26. The van der Waals surface area contributed by atoms with Crippen LogP contribution in [-0.4, -0.2) is 60.0 Å². The minimum Gasteiger partial charge on any atom is -0.379 e. The zero-order valence-corrected chi connectivity index (χ0v) is 20.8. The second-order valence-corrected chi connectivity index (χ2v) is 9.91. The normalized spacial score (nSPS) is 14.5. The summed E-state index contributed by atoms with van der Waals surface area (Å²) in [5.41, 5.74) is 2.52. The van der Waals surface area contributed by atoms with Crippen LogP contribution in [0, 0.1) is 0 Å². The van der Waals surface area contributed by atoms with Crippen LogP contribution in [-0.2, 0) is 4.74 Å². The van der Waals surface area contributed by atoms with Gasteiger partial charge in [-0.25, -0.2) is 4.68 Å². The van der Waals surface area contributed by atoms with Gasteiger partial charge in [-0.05, 0) is 37.2 Å². The number of aromatic nitrogens is 2. The molecule has 0 radical (unpaired) electrons. The van der Waals surface area contributed by atoms with Gasteiger partial charge in [0.1, 0.15) is 15.4 Å². The van der Waals surface area contributed by atoms with E-state index in [1.807, 2.05) is 59.3 Å². The third-order valence-electron chi connectivity index (χ3n) is 5.83. The zero-order valence-electron chi connectivity index (χ0n) is 18.5. The van der Waals surface area contributed by atoms with Gasteiger partial charge in [0.05, 0.1) is 29.3 Å². The number of morpholine rings is 1. The molecule has 0 spiro atoms.